The van der Waals surface area contributed by atoms with Gasteiger partial charge in [0.05, 0.1) is 0 Å². The Balaban J connectivity index is 1.33. The molecule has 2 aromatic heterocycles. The van der Waals surface area contributed by atoms with Crippen molar-refractivity contribution < 1.29 is 14.0 Å². The van der Waals surface area contributed by atoms with Crippen LogP contribution >= 0.6 is 0 Å². The second kappa shape index (κ2) is 8.69. The number of aromatic nitrogens is 2. The van der Waals surface area contributed by atoms with E-state index in [4.69, 9.17) is 0 Å². The Morgan fingerprint density at radius 2 is 2.03 bits per heavy atom. The van der Waals surface area contributed by atoms with Gasteiger partial charge in [0.1, 0.15) is 23.9 Å². The first-order valence-electron chi connectivity index (χ1n) is 9.57. The third-order valence-corrected chi connectivity index (χ3v) is 4.69. The number of nitrogens with one attached hydrogen (secondary N) is 2. The van der Waals surface area contributed by atoms with E-state index in [1.54, 1.807) is 30.5 Å². The lowest BCUT2D eigenvalue weighted by atomic mass is 10.2. The lowest BCUT2D eigenvalue weighted by Gasteiger charge is -2.14. The molecule has 0 saturated carbocycles. The van der Waals surface area contributed by atoms with E-state index in [9.17, 15) is 14.0 Å². The summed E-state index contributed by atoms with van der Waals surface area (Å²) >= 11 is 0. The third-order valence-electron chi connectivity index (χ3n) is 4.69. The summed E-state index contributed by atoms with van der Waals surface area (Å²) in [6.45, 7) is 0.740. The minimum atomic E-state index is -0.363. The predicted octanol–water partition coefficient (Wildman–Crippen LogP) is 2.67. The van der Waals surface area contributed by atoms with E-state index in [0.717, 1.165) is 11.3 Å². The van der Waals surface area contributed by atoms with Crippen LogP contribution in [0, 0.1) is 5.82 Å². The summed E-state index contributed by atoms with van der Waals surface area (Å²) in [4.78, 5) is 34.9. The number of carbonyl (C=O) groups is 2. The number of rotatable bonds is 7. The van der Waals surface area contributed by atoms with Crippen LogP contribution in [0.5, 0.6) is 0 Å². The van der Waals surface area contributed by atoms with Crippen LogP contribution in [0.25, 0.3) is 0 Å². The maximum Gasteiger partial charge on any atom is 0.273 e. The Labute approximate surface area is 173 Å². The maximum atomic E-state index is 13.3. The van der Waals surface area contributed by atoms with Gasteiger partial charge in [-0.3, -0.25) is 14.6 Å². The highest BCUT2D eigenvalue weighted by molar-refractivity contribution is 5.99. The predicted molar refractivity (Wildman–Crippen MR) is 110 cm³/mol. The number of pyridine rings is 2. The molecule has 2 amide bonds. The highest BCUT2D eigenvalue weighted by Crippen LogP contribution is 2.24. The zero-order valence-corrected chi connectivity index (χ0v) is 16.1. The fraction of sp³-hybridized carbons (Fsp3) is 0.182. The molecule has 3 heterocycles. The van der Waals surface area contributed by atoms with Crippen molar-refractivity contribution in [3.05, 3.63) is 83.6 Å². The van der Waals surface area contributed by atoms with Crippen LogP contribution in [0.4, 0.5) is 15.9 Å². The molecule has 1 aliphatic rings. The summed E-state index contributed by atoms with van der Waals surface area (Å²) in [5, 5.41) is 5.80. The smallest absolute Gasteiger partial charge is 0.273 e. The molecule has 1 aromatic carbocycles. The van der Waals surface area contributed by atoms with Crippen molar-refractivity contribution in [2.45, 2.75) is 13.0 Å². The number of benzene rings is 1. The molecule has 0 saturated heterocycles. The molecule has 1 aliphatic heterocycles. The first kappa shape index (κ1) is 19.5. The average Bonchev–Trinajstić information content (AvgIpc) is 3.04. The molecule has 0 unspecified atom stereocenters. The van der Waals surface area contributed by atoms with E-state index in [1.165, 1.54) is 17.0 Å². The number of nitrogens with zero attached hydrogens (tertiary/aromatic N) is 3. The Kier molecular flexibility index (Phi) is 5.65. The van der Waals surface area contributed by atoms with Gasteiger partial charge in [-0.15, -0.1) is 0 Å². The highest BCUT2D eigenvalue weighted by atomic mass is 19.1. The van der Waals surface area contributed by atoms with Crippen molar-refractivity contribution in [2.75, 3.05) is 18.4 Å². The van der Waals surface area contributed by atoms with Crippen LogP contribution in [0.1, 0.15) is 21.7 Å². The van der Waals surface area contributed by atoms with E-state index in [1.807, 2.05) is 18.2 Å². The molecule has 2 N–H and O–H groups in total. The number of carbonyl (C=O) groups excluding carboxylic acids is 2. The highest BCUT2D eigenvalue weighted by Gasteiger charge is 2.30. The maximum absolute atomic E-state index is 13.3. The van der Waals surface area contributed by atoms with Crippen molar-refractivity contribution in [1.82, 2.24) is 20.2 Å². The van der Waals surface area contributed by atoms with Crippen molar-refractivity contribution in [3.63, 3.8) is 0 Å². The quantitative estimate of drug-likeness (QED) is 0.631. The Bertz CT molecular complexity index is 1070. The number of hydrogen-bond acceptors (Lipinski definition) is 5. The largest absolute Gasteiger partial charge is 0.354 e. The van der Waals surface area contributed by atoms with E-state index in [-0.39, 0.29) is 24.2 Å². The summed E-state index contributed by atoms with van der Waals surface area (Å²) < 4.78 is 13.3. The summed E-state index contributed by atoms with van der Waals surface area (Å²) in [5.41, 5.74) is 2.49. The number of fused-ring (bicyclic) bond motifs is 1. The zero-order chi connectivity index (χ0) is 20.9. The molecule has 4 rings (SSSR count). The second-order valence-electron chi connectivity index (χ2n) is 6.92. The normalized spacial score (nSPS) is 12.6. The van der Waals surface area contributed by atoms with Crippen molar-refractivity contribution in [3.8, 4) is 0 Å². The Hall–Kier alpha value is -3.81. The summed E-state index contributed by atoms with van der Waals surface area (Å²) in [5.74, 6) is -0.454. The van der Waals surface area contributed by atoms with E-state index < -0.39 is 0 Å². The second-order valence-corrected chi connectivity index (χ2v) is 6.92. The number of anilines is 2. The van der Waals surface area contributed by atoms with Crippen LogP contribution < -0.4 is 10.6 Å². The van der Waals surface area contributed by atoms with Crippen molar-refractivity contribution >= 4 is 23.3 Å². The van der Waals surface area contributed by atoms with Gasteiger partial charge in [0.2, 0.25) is 5.91 Å². The molecule has 0 bridgehead atoms. The molecule has 8 heteroatoms. The van der Waals surface area contributed by atoms with Gasteiger partial charge in [-0.25, -0.2) is 9.37 Å². The molecule has 0 atom stereocenters. The molecule has 0 radical (unpaired) electrons. The third kappa shape index (κ3) is 4.60. The van der Waals surface area contributed by atoms with E-state index in [2.05, 4.69) is 20.6 Å². The van der Waals surface area contributed by atoms with Gasteiger partial charge in [-0.1, -0.05) is 18.2 Å². The minimum absolute atomic E-state index is 0.0376. The van der Waals surface area contributed by atoms with Gasteiger partial charge >= 0.3 is 0 Å². The molecule has 152 valence electrons. The lowest BCUT2D eigenvalue weighted by molar-refractivity contribution is -0.121. The lowest BCUT2D eigenvalue weighted by Crippen LogP contribution is -2.38. The molecular formula is C22H20FN5O2. The van der Waals surface area contributed by atoms with Crippen molar-refractivity contribution in [1.29, 1.82) is 0 Å². The minimum Gasteiger partial charge on any atom is -0.354 e. The number of halogens is 1. The van der Waals surface area contributed by atoms with Gasteiger partial charge in [0.15, 0.2) is 0 Å². The fourth-order valence-corrected chi connectivity index (χ4v) is 3.24. The van der Waals surface area contributed by atoms with Gasteiger partial charge in [0.25, 0.3) is 5.91 Å². The molecular weight excluding hydrogens is 385 g/mol. The molecule has 0 spiro atoms. The zero-order valence-electron chi connectivity index (χ0n) is 16.1. The van der Waals surface area contributed by atoms with Crippen LogP contribution in [0.3, 0.4) is 0 Å². The van der Waals surface area contributed by atoms with Crippen LogP contribution in [-0.2, 0) is 17.8 Å². The summed E-state index contributed by atoms with van der Waals surface area (Å²) in [6, 6.07) is 15.1. The van der Waals surface area contributed by atoms with Gasteiger partial charge in [-0.2, -0.15) is 0 Å². The number of amides is 2. The molecule has 0 fully saturated rings. The summed E-state index contributed by atoms with van der Waals surface area (Å²) in [7, 11) is 0. The van der Waals surface area contributed by atoms with E-state index in [0.29, 0.717) is 36.7 Å². The van der Waals surface area contributed by atoms with Crippen LogP contribution in [0.15, 0.2) is 60.8 Å². The fourth-order valence-electron chi connectivity index (χ4n) is 3.24. The topological polar surface area (TPSA) is 87.2 Å². The number of hydrogen-bond donors (Lipinski definition) is 2. The summed E-state index contributed by atoms with van der Waals surface area (Å²) in [6.07, 6.45) is 2.33. The van der Waals surface area contributed by atoms with Crippen LogP contribution in [-0.4, -0.2) is 39.8 Å². The molecule has 30 heavy (non-hydrogen) atoms. The van der Waals surface area contributed by atoms with Crippen LogP contribution in [0.2, 0.25) is 0 Å². The Morgan fingerprint density at radius 3 is 2.83 bits per heavy atom. The standard InChI is InChI=1S/C22H20FN5O2/c23-16-4-3-6-18(12-16)26-19-8-7-15-13-28(22(30)21(15)27-19)14-20(29)25-11-9-17-5-1-2-10-24-17/h1-8,10,12H,9,11,13-14H2,(H,25,29)(H,26,27). The monoisotopic (exact) mass is 405 g/mol. The molecule has 7 nitrogen and oxygen atoms in total. The SMILES string of the molecule is O=C(CN1Cc2ccc(Nc3cccc(F)c3)nc2C1=O)NCCc1ccccn1. The average molecular weight is 405 g/mol. The van der Waals surface area contributed by atoms with Crippen molar-refractivity contribution in [2.24, 2.45) is 0 Å². The van der Waals surface area contributed by atoms with Gasteiger partial charge in [-0.05, 0) is 36.4 Å². The van der Waals surface area contributed by atoms with Gasteiger partial charge in [0, 0.05) is 42.7 Å². The van der Waals surface area contributed by atoms with E-state index >= 15 is 0 Å². The molecule has 0 aliphatic carbocycles. The Morgan fingerprint density at radius 1 is 1.13 bits per heavy atom. The van der Waals surface area contributed by atoms with Gasteiger partial charge < -0.3 is 15.5 Å². The first-order chi connectivity index (χ1) is 14.6. The molecule has 3 aromatic rings. The first-order valence-corrected chi connectivity index (χ1v) is 9.57.